The second-order valence-corrected chi connectivity index (χ2v) is 8.00. The number of hydrogen-bond donors (Lipinski definition) is 1. The van der Waals surface area contributed by atoms with Crippen molar-refractivity contribution < 1.29 is 4.79 Å². The Balaban J connectivity index is 1.96. The van der Waals surface area contributed by atoms with E-state index in [0.717, 1.165) is 18.4 Å². The van der Waals surface area contributed by atoms with Crippen molar-refractivity contribution in [3.05, 3.63) is 48.0 Å². The molecule has 1 rings (SSSR count). The zero-order valence-corrected chi connectivity index (χ0v) is 18.2. The number of Topliss-reactive ketones (excluding diaryl/α,β-unsaturated/α-hetero) is 1. The van der Waals surface area contributed by atoms with Gasteiger partial charge in [-0.15, -0.1) is 0 Å². The predicted octanol–water partition coefficient (Wildman–Crippen LogP) is 7.34. The van der Waals surface area contributed by atoms with Crippen molar-refractivity contribution in [2.45, 2.75) is 103 Å². The number of carbonyl (C=O) groups excluding carboxylic acids is 1. The number of benzene rings is 1. The maximum absolute atomic E-state index is 12.4. The molecular weight excluding hydrogens is 342 g/mol. The number of unbranched alkanes of at least 4 members (excludes halogenated alkanes) is 11. The molecule has 0 saturated carbocycles. The van der Waals surface area contributed by atoms with Gasteiger partial charge in [-0.1, -0.05) is 101 Å². The average molecular weight is 386 g/mol. The van der Waals surface area contributed by atoms with Gasteiger partial charge in [0.15, 0.2) is 0 Å². The van der Waals surface area contributed by atoms with Crippen molar-refractivity contribution in [3.63, 3.8) is 0 Å². The minimum Gasteiger partial charge on any atom is -0.329 e. The quantitative estimate of drug-likeness (QED) is 0.212. The van der Waals surface area contributed by atoms with Crippen LogP contribution in [-0.4, -0.2) is 12.3 Å². The third-order valence-corrected chi connectivity index (χ3v) is 5.51. The molecule has 158 valence electrons. The van der Waals surface area contributed by atoms with Crippen LogP contribution in [0.25, 0.3) is 0 Å². The van der Waals surface area contributed by atoms with Crippen LogP contribution in [0.5, 0.6) is 0 Å². The number of allylic oxidation sites excluding steroid dienone is 2. The maximum Gasteiger partial charge on any atom is 0.141 e. The van der Waals surface area contributed by atoms with Crippen molar-refractivity contribution in [2.75, 3.05) is 6.54 Å². The van der Waals surface area contributed by atoms with Gasteiger partial charge in [0, 0.05) is 13.0 Å². The Morgan fingerprint density at radius 2 is 1.36 bits per heavy atom. The highest BCUT2D eigenvalue weighted by atomic mass is 16.1. The molecule has 0 bridgehead atoms. The Morgan fingerprint density at radius 3 is 1.93 bits per heavy atom. The van der Waals surface area contributed by atoms with Gasteiger partial charge in [0.05, 0.1) is 5.92 Å². The van der Waals surface area contributed by atoms with E-state index in [4.69, 9.17) is 5.73 Å². The Kier molecular flexibility index (Phi) is 15.5. The summed E-state index contributed by atoms with van der Waals surface area (Å²) in [6.45, 7) is 2.68. The van der Waals surface area contributed by atoms with Crippen molar-refractivity contribution in [3.8, 4) is 0 Å². The molecule has 0 radical (unpaired) electrons. The SMILES string of the molecule is CCCCCCCC/C=C\CCCCCCCC(=O)C(CN)c1ccccc1. The number of hydrogen-bond acceptors (Lipinski definition) is 2. The van der Waals surface area contributed by atoms with E-state index in [2.05, 4.69) is 19.1 Å². The molecule has 0 aliphatic heterocycles. The fourth-order valence-electron chi connectivity index (χ4n) is 3.68. The Labute approximate surface area is 174 Å². The van der Waals surface area contributed by atoms with Crippen LogP contribution >= 0.6 is 0 Å². The molecule has 0 spiro atoms. The number of rotatable bonds is 18. The van der Waals surface area contributed by atoms with Crippen LogP contribution in [0.1, 0.15) is 108 Å². The van der Waals surface area contributed by atoms with Gasteiger partial charge in [-0.05, 0) is 37.7 Å². The summed E-state index contributed by atoms with van der Waals surface area (Å²) in [5, 5.41) is 0. The lowest BCUT2D eigenvalue weighted by Crippen LogP contribution is -2.21. The van der Waals surface area contributed by atoms with E-state index in [1.165, 1.54) is 70.6 Å². The summed E-state index contributed by atoms with van der Waals surface area (Å²) in [6.07, 6.45) is 22.0. The highest BCUT2D eigenvalue weighted by Gasteiger charge is 2.17. The van der Waals surface area contributed by atoms with E-state index in [1.807, 2.05) is 30.3 Å². The molecule has 0 aromatic heterocycles. The molecule has 0 heterocycles. The molecule has 2 N–H and O–H groups in total. The lowest BCUT2D eigenvalue weighted by Gasteiger charge is -2.13. The highest BCUT2D eigenvalue weighted by Crippen LogP contribution is 2.19. The fraction of sp³-hybridized carbons (Fsp3) is 0.654. The molecule has 0 aliphatic carbocycles. The Hall–Kier alpha value is -1.41. The second-order valence-electron chi connectivity index (χ2n) is 8.00. The lowest BCUT2D eigenvalue weighted by atomic mass is 9.92. The first-order valence-electron chi connectivity index (χ1n) is 11.7. The van der Waals surface area contributed by atoms with Crippen LogP contribution in [0.3, 0.4) is 0 Å². The monoisotopic (exact) mass is 385 g/mol. The zero-order valence-electron chi connectivity index (χ0n) is 18.2. The number of carbonyl (C=O) groups is 1. The van der Waals surface area contributed by atoms with Crippen LogP contribution in [0, 0.1) is 0 Å². The van der Waals surface area contributed by atoms with Gasteiger partial charge in [-0.25, -0.2) is 0 Å². The predicted molar refractivity (Wildman–Crippen MR) is 123 cm³/mol. The van der Waals surface area contributed by atoms with E-state index in [-0.39, 0.29) is 5.92 Å². The van der Waals surface area contributed by atoms with E-state index in [0.29, 0.717) is 18.7 Å². The summed E-state index contributed by atoms with van der Waals surface area (Å²) < 4.78 is 0. The van der Waals surface area contributed by atoms with Gasteiger partial charge in [0.2, 0.25) is 0 Å². The first-order chi connectivity index (χ1) is 13.8. The minimum atomic E-state index is -0.127. The standard InChI is InChI=1S/C26H43NO/c1-2-3-4-5-6-7-8-9-10-11-12-13-14-15-19-22-26(28)25(23-27)24-20-17-16-18-21-24/h9-10,16-18,20-21,25H,2-8,11-15,19,22-23,27H2,1H3/b10-9-. The average Bonchev–Trinajstić information content (AvgIpc) is 2.72. The zero-order chi connectivity index (χ0) is 20.3. The van der Waals surface area contributed by atoms with Crippen molar-refractivity contribution in [2.24, 2.45) is 5.73 Å². The first kappa shape index (κ1) is 24.6. The van der Waals surface area contributed by atoms with Gasteiger partial charge in [-0.3, -0.25) is 4.79 Å². The number of nitrogens with two attached hydrogens (primary N) is 1. The molecule has 1 atom stereocenters. The summed E-state index contributed by atoms with van der Waals surface area (Å²) in [6, 6.07) is 9.96. The molecule has 0 amide bonds. The minimum absolute atomic E-state index is 0.127. The van der Waals surface area contributed by atoms with Gasteiger partial charge in [0.1, 0.15) is 5.78 Å². The van der Waals surface area contributed by atoms with Crippen molar-refractivity contribution >= 4 is 5.78 Å². The molecular formula is C26H43NO. The Bertz CT molecular complexity index is 508. The lowest BCUT2D eigenvalue weighted by molar-refractivity contribution is -0.120. The largest absolute Gasteiger partial charge is 0.329 e. The van der Waals surface area contributed by atoms with E-state index < -0.39 is 0 Å². The smallest absolute Gasteiger partial charge is 0.141 e. The third kappa shape index (κ3) is 12.1. The normalized spacial score (nSPS) is 12.5. The molecule has 28 heavy (non-hydrogen) atoms. The second kappa shape index (κ2) is 17.7. The van der Waals surface area contributed by atoms with Crippen LogP contribution in [0.15, 0.2) is 42.5 Å². The molecule has 1 aromatic carbocycles. The van der Waals surface area contributed by atoms with Crippen LogP contribution in [0.4, 0.5) is 0 Å². The molecule has 0 fully saturated rings. The summed E-state index contributed by atoms with van der Waals surface area (Å²) in [5.74, 6) is 0.171. The number of ketones is 1. The van der Waals surface area contributed by atoms with Crippen LogP contribution in [-0.2, 0) is 4.79 Å². The van der Waals surface area contributed by atoms with E-state index in [1.54, 1.807) is 0 Å². The first-order valence-corrected chi connectivity index (χ1v) is 11.7. The topological polar surface area (TPSA) is 43.1 Å². The van der Waals surface area contributed by atoms with Crippen molar-refractivity contribution in [1.29, 1.82) is 0 Å². The molecule has 0 saturated heterocycles. The van der Waals surface area contributed by atoms with Gasteiger partial charge in [-0.2, -0.15) is 0 Å². The maximum atomic E-state index is 12.4. The van der Waals surface area contributed by atoms with E-state index >= 15 is 0 Å². The molecule has 2 nitrogen and oxygen atoms in total. The fourth-order valence-corrected chi connectivity index (χ4v) is 3.68. The third-order valence-electron chi connectivity index (χ3n) is 5.51. The summed E-state index contributed by atoms with van der Waals surface area (Å²) >= 11 is 0. The van der Waals surface area contributed by atoms with Gasteiger partial charge >= 0.3 is 0 Å². The summed E-state index contributed by atoms with van der Waals surface area (Å²) in [4.78, 5) is 12.4. The molecule has 2 heteroatoms. The van der Waals surface area contributed by atoms with Crippen molar-refractivity contribution in [1.82, 2.24) is 0 Å². The molecule has 1 unspecified atom stereocenters. The summed E-state index contributed by atoms with van der Waals surface area (Å²) in [7, 11) is 0. The van der Waals surface area contributed by atoms with Crippen LogP contribution in [0.2, 0.25) is 0 Å². The van der Waals surface area contributed by atoms with Crippen LogP contribution < -0.4 is 5.73 Å². The summed E-state index contributed by atoms with van der Waals surface area (Å²) in [5.41, 5.74) is 6.89. The molecule has 1 aromatic rings. The Morgan fingerprint density at radius 1 is 0.821 bits per heavy atom. The highest BCUT2D eigenvalue weighted by molar-refractivity contribution is 5.85. The van der Waals surface area contributed by atoms with Gasteiger partial charge in [0.25, 0.3) is 0 Å². The van der Waals surface area contributed by atoms with E-state index in [9.17, 15) is 4.79 Å². The molecule has 0 aliphatic rings. The van der Waals surface area contributed by atoms with Gasteiger partial charge < -0.3 is 5.73 Å².